The quantitative estimate of drug-likeness (QED) is 0.866. The molecule has 2 aromatic rings. The van der Waals surface area contributed by atoms with Crippen LogP contribution in [0.15, 0.2) is 53.0 Å². The molecule has 0 aliphatic carbocycles. The van der Waals surface area contributed by atoms with E-state index >= 15 is 0 Å². The molecule has 4 heteroatoms. The molecule has 20 heavy (non-hydrogen) atoms. The molecule has 2 rings (SSSR count). The Labute approximate surface area is 126 Å². The summed E-state index contributed by atoms with van der Waals surface area (Å²) in [6.07, 6.45) is 1.20. The summed E-state index contributed by atoms with van der Waals surface area (Å²) in [4.78, 5) is 0. The van der Waals surface area contributed by atoms with E-state index in [9.17, 15) is 4.39 Å². The number of benzene rings is 2. The summed E-state index contributed by atoms with van der Waals surface area (Å²) >= 11 is 3.39. The fourth-order valence-corrected chi connectivity index (χ4v) is 2.31. The maximum atomic E-state index is 13.5. The maximum Gasteiger partial charge on any atom is 0.126 e. The zero-order chi connectivity index (χ0) is 14.4. The van der Waals surface area contributed by atoms with Gasteiger partial charge in [0.25, 0.3) is 0 Å². The molecule has 2 nitrogen and oxygen atoms in total. The lowest BCUT2D eigenvalue weighted by Crippen LogP contribution is -2.25. The van der Waals surface area contributed by atoms with Gasteiger partial charge in [0.05, 0.1) is 6.61 Å². The minimum atomic E-state index is -0.198. The average molecular weight is 338 g/mol. The van der Waals surface area contributed by atoms with E-state index in [2.05, 4.69) is 15.9 Å². The summed E-state index contributed by atoms with van der Waals surface area (Å²) in [6.45, 7) is 0.520. The zero-order valence-electron chi connectivity index (χ0n) is 11.1. The number of hydrogen-bond donors (Lipinski definition) is 1. The topological polar surface area (TPSA) is 35.2 Å². The van der Waals surface area contributed by atoms with Gasteiger partial charge in [-0.3, -0.25) is 0 Å². The van der Waals surface area contributed by atoms with Crippen molar-refractivity contribution in [2.75, 3.05) is 6.61 Å². The molecule has 0 saturated carbocycles. The first-order valence-corrected chi connectivity index (χ1v) is 7.32. The molecule has 0 fully saturated rings. The highest BCUT2D eigenvalue weighted by Gasteiger charge is 2.08. The second kappa shape index (κ2) is 7.41. The Hall–Kier alpha value is -1.39. The Bertz CT molecular complexity index is 562. The van der Waals surface area contributed by atoms with Crippen molar-refractivity contribution >= 4 is 15.9 Å². The molecule has 106 valence electrons. The van der Waals surface area contributed by atoms with Crippen molar-refractivity contribution in [2.24, 2.45) is 5.73 Å². The highest BCUT2D eigenvalue weighted by atomic mass is 79.9. The smallest absolute Gasteiger partial charge is 0.126 e. The van der Waals surface area contributed by atoms with Gasteiger partial charge in [0.1, 0.15) is 11.6 Å². The number of rotatable bonds is 6. The lowest BCUT2D eigenvalue weighted by atomic mass is 10.0. The van der Waals surface area contributed by atoms with E-state index in [0.717, 1.165) is 10.2 Å². The highest BCUT2D eigenvalue weighted by Crippen LogP contribution is 2.18. The molecule has 0 bridgehead atoms. The predicted molar refractivity (Wildman–Crippen MR) is 82.3 cm³/mol. The monoisotopic (exact) mass is 337 g/mol. The molecule has 0 amide bonds. The van der Waals surface area contributed by atoms with Gasteiger partial charge in [0.15, 0.2) is 0 Å². The molecule has 0 radical (unpaired) electrons. The van der Waals surface area contributed by atoms with Crippen molar-refractivity contribution in [1.29, 1.82) is 0 Å². The third-order valence-electron chi connectivity index (χ3n) is 2.99. The van der Waals surface area contributed by atoms with Crippen LogP contribution in [0.25, 0.3) is 0 Å². The first-order valence-electron chi connectivity index (χ1n) is 6.52. The Kier molecular flexibility index (Phi) is 5.56. The lowest BCUT2D eigenvalue weighted by Gasteiger charge is -2.13. The molecular formula is C16H17BrFNO. The Morgan fingerprint density at radius 2 is 1.95 bits per heavy atom. The minimum absolute atomic E-state index is 0.112. The second-order valence-corrected chi connectivity index (χ2v) is 5.57. The lowest BCUT2D eigenvalue weighted by molar-refractivity contribution is 0.296. The molecular weight excluding hydrogens is 321 g/mol. The van der Waals surface area contributed by atoms with Crippen LogP contribution in [0.3, 0.4) is 0 Å². The molecule has 2 aromatic carbocycles. The molecule has 0 aromatic heterocycles. The van der Waals surface area contributed by atoms with Gasteiger partial charge in [-0.05, 0) is 42.7 Å². The van der Waals surface area contributed by atoms with Crippen LogP contribution < -0.4 is 10.5 Å². The van der Waals surface area contributed by atoms with Crippen molar-refractivity contribution in [3.8, 4) is 5.75 Å². The number of halogens is 2. The summed E-state index contributed by atoms with van der Waals surface area (Å²) in [5, 5.41) is 0. The molecule has 0 aliphatic heterocycles. The summed E-state index contributed by atoms with van der Waals surface area (Å²) < 4.78 is 20.1. The number of nitrogens with two attached hydrogens (primary N) is 1. The van der Waals surface area contributed by atoms with Gasteiger partial charge in [-0.15, -0.1) is 0 Å². The molecule has 0 spiro atoms. The Morgan fingerprint density at radius 3 is 2.70 bits per heavy atom. The fraction of sp³-hybridized carbons (Fsp3) is 0.250. The van der Waals surface area contributed by atoms with Gasteiger partial charge >= 0.3 is 0 Å². The number of hydrogen-bond acceptors (Lipinski definition) is 2. The van der Waals surface area contributed by atoms with E-state index in [1.807, 2.05) is 30.3 Å². The summed E-state index contributed by atoms with van der Waals surface area (Å²) in [5.74, 6) is 0.605. The van der Waals surface area contributed by atoms with E-state index in [4.69, 9.17) is 10.5 Å². The predicted octanol–water partition coefficient (Wildman–Crippen LogP) is 3.93. The van der Waals surface area contributed by atoms with E-state index in [0.29, 0.717) is 25.0 Å². The van der Waals surface area contributed by atoms with Gasteiger partial charge < -0.3 is 10.5 Å². The average Bonchev–Trinajstić information content (AvgIpc) is 2.41. The van der Waals surface area contributed by atoms with Crippen LogP contribution in [0.2, 0.25) is 0 Å². The Morgan fingerprint density at radius 1 is 1.15 bits per heavy atom. The van der Waals surface area contributed by atoms with E-state index in [-0.39, 0.29) is 11.9 Å². The third kappa shape index (κ3) is 4.62. The van der Waals surface area contributed by atoms with Crippen LogP contribution in [0.5, 0.6) is 5.75 Å². The van der Waals surface area contributed by atoms with Crippen LogP contribution in [0.1, 0.15) is 12.0 Å². The standard InChI is InChI=1S/C16H17BrFNO/c17-13-5-3-6-15(11-13)20-9-8-14(19)10-12-4-1-2-7-16(12)18/h1-7,11,14H,8-10,19H2. The van der Waals surface area contributed by atoms with Gasteiger partial charge in [-0.25, -0.2) is 4.39 Å². The molecule has 0 aliphatic rings. The molecule has 0 saturated heterocycles. The first-order chi connectivity index (χ1) is 9.65. The normalized spacial score (nSPS) is 12.2. The van der Waals surface area contributed by atoms with Gasteiger partial charge in [-0.2, -0.15) is 0 Å². The van der Waals surface area contributed by atoms with Gasteiger partial charge in [0.2, 0.25) is 0 Å². The van der Waals surface area contributed by atoms with Crippen LogP contribution in [-0.2, 0) is 6.42 Å². The summed E-state index contributed by atoms with van der Waals surface area (Å²) in [5.41, 5.74) is 6.67. The van der Waals surface area contributed by atoms with Crippen molar-refractivity contribution < 1.29 is 9.13 Å². The van der Waals surface area contributed by atoms with Crippen molar-refractivity contribution in [3.63, 3.8) is 0 Å². The molecule has 1 atom stereocenters. The second-order valence-electron chi connectivity index (χ2n) is 4.65. The molecule has 0 heterocycles. The van der Waals surface area contributed by atoms with Crippen molar-refractivity contribution in [2.45, 2.75) is 18.9 Å². The van der Waals surface area contributed by atoms with Crippen molar-refractivity contribution in [3.05, 3.63) is 64.4 Å². The molecule has 2 N–H and O–H groups in total. The fourth-order valence-electron chi connectivity index (χ4n) is 1.93. The van der Waals surface area contributed by atoms with Crippen molar-refractivity contribution in [1.82, 2.24) is 0 Å². The minimum Gasteiger partial charge on any atom is -0.493 e. The summed E-state index contributed by atoms with van der Waals surface area (Å²) in [7, 11) is 0. The van der Waals surface area contributed by atoms with Crippen LogP contribution in [0.4, 0.5) is 4.39 Å². The van der Waals surface area contributed by atoms with Gasteiger partial charge in [0, 0.05) is 10.5 Å². The van der Waals surface area contributed by atoms with E-state index in [1.165, 1.54) is 6.07 Å². The van der Waals surface area contributed by atoms with Crippen LogP contribution in [0, 0.1) is 5.82 Å². The largest absolute Gasteiger partial charge is 0.493 e. The maximum absolute atomic E-state index is 13.5. The number of ether oxygens (including phenoxy) is 1. The SMILES string of the molecule is NC(CCOc1cccc(Br)c1)Cc1ccccc1F. The summed E-state index contributed by atoms with van der Waals surface area (Å²) in [6, 6.07) is 14.3. The van der Waals surface area contributed by atoms with E-state index < -0.39 is 0 Å². The Balaban J connectivity index is 1.78. The van der Waals surface area contributed by atoms with Crippen LogP contribution >= 0.6 is 15.9 Å². The highest BCUT2D eigenvalue weighted by molar-refractivity contribution is 9.10. The first kappa shape index (κ1) is 15.0. The van der Waals surface area contributed by atoms with E-state index in [1.54, 1.807) is 12.1 Å². The molecule has 1 unspecified atom stereocenters. The third-order valence-corrected chi connectivity index (χ3v) is 3.49. The van der Waals surface area contributed by atoms with Gasteiger partial charge in [-0.1, -0.05) is 40.2 Å². The van der Waals surface area contributed by atoms with Crippen LogP contribution in [-0.4, -0.2) is 12.6 Å². The zero-order valence-corrected chi connectivity index (χ0v) is 12.6.